The summed E-state index contributed by atoms with van der Waals surface area (Å²) in [6.07, 6.45) is 1.97. The first-order chi connectivity index (χ1) is 18.6. The lowest BCUT2D eigenvalue weighted by molar-refractivity contribution is 0.122. The standard InChI is InChI=1S/C29H29FN6O2/c1-2-20-15-25(33-24-7-3-5-21(16-24)22-6-4-8-26(37)17-22)10-9-23(20)18-32-35-29-31-19-27(30)28(34-29)36-11-13-38-14-12-36/h3-10,15-17,19,33,37H,2,11-14,18H2,1H3. The van der Waals surface area contributed by atoms with E-state index in [9.17, 15) is 9.50 Å². The van der Waals surface area contributed by atoms with Gasteiger partial charge in [0.25, 0.3) is 5.95 Å². The number of ether oxygens (including phenoxy) is 1. The predicted octanol–water partition coefficient (Wildman–Crippen LogP) is 6.41. The van der Waals surface area contributed by atoms with E-state index >= 15 is 0 Å². The maximum absolute atomic E-state index is 14.3. The second-order valence-corrected chi connectivity index (χ2v) is 8.93. The van der Waals surface area contributed by atoms with Gasteiger partial charge in [-0.15, -0.1) is 5.11 Å². The Kier molecular flexibility index (Phi) is 7.84. The van der Waals surface area contributed by atoms with Crippen molar-refractivity contribution in [3.63, 3.8) is 0 Å². The normalized spacial score (nSPS) is 13.7. The summed E-state index contributed by atoms with van der Waals surface area (Å²) in [4.78, 5) is 10.1. The summed E-state index contributed by atoms with van der Waals surface area (Å²) in [6, 6.07) is 21.4. The van der Waals surface area contributed by atoms with E-state index in [1.807, 2.05) is 47.4 Å². The Morgan fingerprint density at radius 1 is 0.974 bits per heavy atom. The van der Waals surface area contributed by atoms with Crippen LogP contribution in [0.15, 0.2) is 83.2 Å². The van der Waals surface area contributed by atoms with Crippen molar-refractivity contribution in [2.75, 3.05) is 36.5 Å². The van der Waals surface area contributed by atoms with Crippen LogP contribution < -0.4 is 10.2 Å². The molecule has 0 spiro atoms. The number of aromatic nitrogens is 2. The molecule has 4 aromatic rings. The largest absolute Gasteiger partial charge is 0.508 e. The van der Waals surface area contributed by atoms with Crippen LogP contribution in [0.25, 0.3) is 11.1 Å². The highest BCUT2D eigenvalue weighted by Gasteiger charge is 2.17. The van der Waals surface area contributed by atoms with Gasteiger partial charge in [-0.05, 0) is 65.1 Å². The van der Waals surface area contributed by atoms with Gasteiger partial charge in [0.1, 0.15) is 5.75 Å². The van der Waals surface area contributed by atoms with E-state index in [4.69, 9.17) is 4.74 Å². The third kappa shape index (κ3) is 6.12. The molecule has 194 valence electrons. The number of benzene rings is 3. The Balaban J connectivity index is 1.27. The Morgan fingerprint density at radius 3 is 2.53 bits per heavy atom. The number of hydrogen-bond acceptors (Lipinski definition) is 8. The van der Waals surface area contributed by atoms with Crippen LogP contribution in [0, 0.1) is 5.82 Å². The van der Waals surface area contributed by atoms with Crippen molar-refractivity contribution in [2.24, 2.45) is 10.2 Å². The van der Waals surface area contributed by atoms with Crippen molar-refractivity contribution in [1.29, 1.82) is 0 Å². The molecule has 0 unspecified atom stereocenters. The molecule has 0 amide bonds. The summed E-state index contributed by atoms with van der Waals surface area (Å²) in [5.41, 5.74) is 6.07. The topological polar surface area (TPSA) is 95.2 Å². The molecule has 9 heteroatoms. The number of azo groups is 1. The minimum absolute atomic E-state index is 0.135. The summed E-state index contributed by atoms with van der Waals surface area (Å²) in [7, 11) is 0. The number of aryl methyl sites for hydroxylation is 1. The summed E-state index contributed by atoms with van der Waals surface area (Å²) >= 11 is 0. The first-order valence-corrected chi connectivity index (χ1v) is 12.6. The highest BCUT2D eigenvalue weighted by molar-refractivity contribution is 5.72. The third-order valence-corrected chi connectivity index (χ3v) is 6.34. The molecule has 1 fully saturated rings. The van der Waals surface area contributed by atoms with Gasteiger partial charge in [0, 0.05) is 24.5 Å². The zero-order valence-corrected chi connectivity index (χ0v) is 21.1. The van der Waals surface area contributed by atoms with Gasteiger partial charge in [0.05, 0.1) is 26.0 Å². The second-order valence-electron chi connectivity index (χ2n) is 8.93. The fourth-order valence-corrected chi connectivity index (χ4v) is 4.38. The lowest BCUT2D eigenvalue weighted by atomic mass is 10.0. The zero-order valence-electron chi connectivity index (χ0n) is 21.1. The van der Waals surface area contributed by atoms with E-state index in [1.54, 1.807) is 12.1 Å². The average Bonchev–Trinajstić information content (AvgIpc) is 2.95. The van der Waals surface area contributed by atoms with Gasteiger partial charge < -0.3 is 20.1 Å². The molecule has 2 N–H and O–H groups in total. The van der Waals surface area contributed by atoms with Crippen LogP contribution in [0.3, 0.4) is 0 Å². The van der Waals surface area contributed by atoms with Gasteiger partial charge in [-0.25, -0.2) is 9.37 Å². The number of morpholine rings is 1. The number of nitrogens with one attached hydrogen (secondary N) is 1. The summed E-state index contributed by atoms with van der Waals surface area (Å²) in [5, 5.41) is 21.7. The molecular formula is C29H29FN6O2. The first-order valence-electron chi connectivity index (χ1n) is 12.6. The summed E-state index contributed by atoms with van der Waals surface area (Å²) in [5.74, 6) is 0.130. The van der Waals surface area contributed by atoms with Gasteiger partial charge >= 0.3 is 0 Å². The van der Waals surface area contributed by atoms with Gasteiger partial charge in [0.15, 0.2) is 11.6 Å². The van der Waals surface area contributed by atoms with Gasteiger partial charge in [-0.3, -0.25) is 0 Å². The van der Waals surface area contributed by atoms with Crippen LogP contribution in [-0.2, 0) is 17.7 Å². The van der Waals surface area contributed by atoms with Crippen LogP contribution in [0.5, 0.6) is 5.75 Å². The molecule has 3 aromatic carbocycles. The van der Waals surface area contributed by atoms with Crippen LogP contribution in [0.4, 0.5) is 27.5 Å². The van der Waals surface area contributed by atoms with Gasteiger partial charge in [-0.2, -0.15) is 10.1 Å². The third-order valence-electron chi connectivity index (χ3n) is 6.34. The number of anilines is 3. The zero-order chi connectivity index (χ0) is 26.3. The molecule has 0 atom stereocenters. The predicted molar refractivity (Wildman–Crippen MR) is 146 cm³/mol. The van der Waals surface area contributed by atoms with Crippen molar-refractivity contribution in [3.05, 3.63) is 89.9 Å². The second kappa shape index (κ2) is 11.8. The number of phenols is 1. The molecule has 0 radical (unpaired) electrons. The first kappa shape index (κ1) is 25.3. The Bertz CT molecular complexity index is 1440. The molecule has 0 bridgehead atoms. The average molecular weight is 513 g/mol. The number of nitrogens with zero attached hydrogens (tertiary/aromatic N) is 5. The number of phenolic OH excluding ortho intramolecular Hbond substituents is 1. The van der Waals surface area contributed by atoms with Crippen LogP contribution in [0.2, 0.25) is 0 Å². The number of rotatable bonds is 8. The molecule has 0 aliphatic carbocycles. The molecule has 1 aromatic heterocycles. The molecule has 5 rings (SSSR count). The van der Waals surface area contributed by atoms with E-state index in [2.05, 4.69) is 44.6 Å². The van der Waals surface area contributed by atoms with Gasteiger partial charge in [-0.1, -0.05) is 37.3 Å². The highest BCUT2D eigenvalue weighted by atomic mass is 19.1. The SMILES string of the molecule is CCc1cc(Nc2cccc(-c3cccc(O)c3)c2)ccc1CN=Nc1ncc(F)c(N2CCOCC2)n1. The van der Waals surface area contributed by atoms with E-state index in [0.29, 0.717) is 32.8 Å². The fraction of sp³-hybridized carbons (Fsp3) is 0.241. The highest BCUT2D eigenvalue weighted by Crippen LogP contribution is 2.28. The lowest BCUT2D eigenvalue weighted by Crippen LogP contribution is -2.37. The molecular weight excluding hydrogens is 483 g/mol. The van der Waals surface area contributed by atoms with Crippen molar-refractivity contribution in [1.82, 2.24) is 9.97 Å². The maximum Gasteiger partial charge on any atom is 0.270 e. The maximum atomic E-state index is 14.3. The van der Waals surface area contributed by atoms with E-state index < -0.39 is 5.82 Å². The molecule has 2 heterocycles. The molecule has 1 aliphatic rings. The number of halogens is 1. The molecule has 38 heavy (non-hydrogen) atoms. The van der Waals surface area contributed by atoms with Crippen molar-refractivity contribution >= 4 is 23.1 Å². The van der Waals surface area contributed by atoms with Crippen molar-refractivity contribution in [3.8, 4) is 16.9 Å². The Hall–Kier alpha value is -4.37. The number of aromatic hydroxyl groups is 1. The fourth-order valence-electron chi connectivity index (χ4n) is 4.38. The minimum atomic E-state index is -0.477. The van der Waals surface area contributed by atoms with Crippen LogP contribution in [0.1, 0.15) is 18.1 Å². The Labute approximate surface area is 220 Å². The molecule has 8 nitrogen and oxygen atoms in total. The van der Waals surface area contributed by atoms with E-state index in [1.165, 1.54) is 0 Å². The van der Waals surface area contributed by atoms with Crippen LogP contribution >= 0.6 is 0 Å². The lowest BCUT2D eigenvalue weighted by Gasteiger charge is -2.27. The summed E-state index contributed by atoms with van der Waals surface area (Å²) in [6.45, 7) is 4.68. The van der Waals surface area contributed by atoms with Crippen molar-refractivity contribution in [2.45, 2.75) is 19.9 Å². The number of hydrogen-bond donors (Lipinski definition) is 2. The molecule has 0 saturated carbocycles. The monoisotopic (exact) mass is 512 g/mol. The van der Waals surface area contributed by atoms with E-state index in [-0.39, 0.29) is 17.5 Å². The minimum Gasteiger partial charge on any atom is -0.508 e. The van der Waals surface area contributed by atoms with Gasteiger partial charge in [0.2, 0.25) is 0 Å². The van der Waals surface area contributed by atoms with Crippen LogP contribution in [-0.4, -0.2) is 41.4 Å². The van der Waals surface area contributed by atoms with Crippen molar-refractivity contribution < 1.29 is 14.2 Å². The Morgan fingerprint density at radius 2 is 1.74 bits per heavy atom. The molecule has 1 saturated heterocycles. The summed E-state index contributed by atoms with van der Waals surface area (Å²) < 4.78 is 19.6. The quantitative estimate of drug-likeness (QED) is 0.265. The van der Waals surface area contributed by atoms with E-state index in [0.717, 1.165) is 46.2 Å². The molecule has 1 aliphatic heterocycles. The smallest absolute Gasteiger partial charge is 0.270 e.